The Morgan fingerprint density at radius 2 is 1.81 bits per heavy atom. The second-order valence-corrected chi connectivity index (χ2v) is 6.09. The van der Waals surface area contributed by atoms with E-state index in [0.29, 0.717) is 12.5 Å². The third-order valence-corrected chi connectivity index (χ3v) is 4.15. The topological polar surface area (TPSA) is 85.2 Å². The van der Waals surface area contributed by atoms with Crippen LogP contribution in [0.4, 0.5) is 10.7 Å². The average Bonchev–Trinajstić information content (AvgIpc) is 3.04. The normalized spacial score (nSPS) is 11.8. The molecule has 140 valence electrons. The summed E-state index contributed by atoms with van der Waals surface area (Å²) in [5, 5.41) is 5.30. The van der Waals surface area contributed by atoms with E-state index in [1.165, 1.54) is 0 Å². The summed E-state index contributed by atoms with van der Waals surface area (Å²) in [6.45, 7) is 4.38. The van der Waals surface area contributed by atoms with Gasteiger partial charge in [0.2, 0.25) is 11.9 Å². The molecule has 0 saturated carbocycles. The number of carbonyl (C=O) groups excluding carboxylic acids is 2. The number of amides is 2. The molecule has 0 saturated heterocycles. The smallest absolute Gasteiger partial charge is 0.408 e. The van der Waals surface area contributed by atoms with Gasteiger partial charge in [-0.2, -0.15) is 0 Å². The van der Waals surface area contributed by atoms with Crippen molar-refractivity contribution in [3.8, 4) is 0 Å². The number of hydrogen-bond donors (Lipinski definition) is 2. The van der Waals surface area contributed by atoms with Crippen LogP contribution < -0.4 is 10.6 Å². The lowest BCUT2D eigenvalue weighted by Gasteiger charge is -2.14. The van der Waals surface area contributed by atoms with Crippen molar-refractivity contribution in [1.29, 1.82) is 0 Å². The molecular weight excluding hydrogens is 344 g/mol. The summed E-state index contributed by atoms with van der Waals surface area (Å²) >= 11 is 0. The summed E-state index contributed by atoms with van der Waals surface area (Å²) < 4.78 is 7.05. The van der Waals surface area contributed by atoms with E-state index in [9.17, 15) is 9.59 Å². The van der Waals surface area contributed by atoms with Crippen molar-refractivity contribution in [2.45, 2.75) is 33.0 Å². The Hall–Kier alpha value is -3.35. The van der Waals surface area contributed by atoms with E-state index in [1.54, 1.807) is 6.92 Å². The molecule has 0 aliphatic rings. The minimum absolute atomic E-state index is 0.145. The quantitative estimate of drug-likeness (QED) is 0.701. The van der Waals surface area contributed by atoms with Crippen LogP contribution in [0.1, 0.15) is 19.4 Å². The summed E-state index contributed by atoms with van der Waals surface area (Å²) in [6.07, 6.45) is -0.648. The van der Waals surface area contributed by atoms with E-state index >= 15 is 0 Å². The molecule has 1 aromatic heterocycles. The predicted octanol–water partition coefficient (Wildman–Crippen LogP) is 3.31. The standard InChI is InChI=1S/C20H22N4O3/c1-3-24-17-12-8-7-11-16(17)22-19(24)23-18(25)14(2)21-20(26)27-13-15-9-5-4-6-10-15/h4-12,14H,3,13H2,1-2H3,(H,21,26)(H,22,23,25)/t14-/m1/s1. The first kappa shape index (κ1) is 18.4. The number of ether oxygens (including phenoxy) is 1. The van der Waals surface area contributed by atoms with Crippen molar-refractivity contribution in [3.05, 3.63) is 60.2 Å². The first-order valence-electron chi connectivity index (χ1n) is 8.82. The molecule has 3 aromatic rings. The molecule has 0 bridgehead atoms. The summed E-state index contributed by atoms with van der Waals surface area (Å²) in [7, 11) is 0. The molecule has 3 rings (SSSR count). The molecule has 0 aliphatic heterocycles. The molecule has 27 heavy (non-hydrogen) atoms. The van der Waals surface area contributed by atoms with Crippen molar-refractivity contribution < 1.29 is 14.3 Å². The second-order valence-electron chi connectivity index (χ2n) is 6.09. The van der Waals surface area contributed by atoms with E-state index in [4.69, 9.17) is 4.74 Å². The highest BCUT2D eigenvalue weighted by Crippen LogP contribution is 2.19. The molecule has 0 aliphatic carbocycles. The number of hydrogen-bond acceptors (Lipinski definition) is 4. The fraction of sp³-hybridized carbons (Fsp3) is 0.250. The molecular formula is C20H22N4O3. The number of fused-ring (bicyclic) bond motifs is 1. The highest BCUT2D eigenvalue weighted by atomic mass is 16.5. The van der Waals surface area contributed by atoms with Crippen LogP contribution in [0.2, 0.25) is 0 Å². The number of nitrogens with one attached hydrogen (secondary N) is 2. The molecule has 1 atom stereocenters. The molecule has 0 radical (unpaired) electrons. The van der Waals surface area contributed by atoms with Crippen LogP contribution in [0.15, 0.2) is 54.6 Å². The van der Waals surface area contributed by atoms with Gasteiger partial charge in [-0.05, 0) is 31.5 Å². The van der Waals surface area contributed by atoms with Crippen molar-refractivity contribution >= 4 is 29.0 Å². The van der Waals surface area contributed by atoms with Crippen LogP contribution in [-0.2, 0) is 22.7 Å². The van der Waals surface area contributed by atoms with Crippen LogP contribution in [0.5, 0.6) is 0 Å². The second kappa shape index (κ2) is 8.35. The zero-order valence-corrected chi connectivity index (χ0v) is 15.3. The van der Waals surface area contributed by atoms with Gasteiger partial charge in [0.15, 0.2) is 0 Å². The van der Waals surface area contributed by atoms with Crippen LogP contribution in [0.3, 0.4) is 0 Å². The van der Waals surface area contributed by atoms with Gasteiger partial charge in [0.1, 0.15) is 12.6 Å². The minimum atomic E-state index is -0.765. The summed E-state index contributed by atoms with van der Waals surface area (Å²) in [5.74, 6) is 0.0895. The van der Waals surface area contributed by atoms with Crippen molar-refractivity contribution in [3.63, 3.8) is 0 Å². The maximum absolute atomic E-state index is 12.4. The van der Waals surface area contributed by atoms with Gasteiger partial charge in [-0.1, -0.05) is 42.5 Å². The maximum Gasteiger partial charge on any atom is 0.408 e. The number of benzene rings is 2. The van der Waals surface area contributed by atoms with E-state index in [-0.39, 0.29) is 12.5 Å². The van der Waals surface area contributed by atoms with E-state index < -0.39 is 12.1 Å². The number of nitrogens with zero attached hydrogens (tertiary/aromatic N) is 2. The highest BCUT2D eigenvalue weighted by Gasteiger charge is 2.19. The molecule has 2 aromatic carbocycles. The molecule has 2 N–H and O–H groups in total. The molecule has 1 heterocycles. The average molecular weight is 366 g/mol. The first-order valence-corrected chi connectivity index (χ1v) is 8.82. The largest absolute Gasteiger partial charge is 0.445 e. The lowest BCUT2D eigenvalue weighted by molar-refractivity contribution is -0.117. The monoisotopic (exact) mass is 366 g/mol. The number of alkyl carbamates (subject to hydrolysis) is 1. The summed E-state index contributed by atoms with van der Waals surface area (Å²) in [4.78, 5) is 28.8. The third-order valence-electron chi connectivity index (χ3n) is 4.15. The Morgan fingerprint density at radius 3 is 2.56 bits per heavy atom. The van der Waals surface area contributed by atoms with E-state index in [1.807, 2.05) is 66.1 Å². The number of para-hydroxylation sites is 2. The third kappa shape index (κ3) is 4.44. The van der Waals surface area contributed by atoms with Gasteiger partial charge in [-0.3, -0.25) is 10.1 Å². The van der Waals surface area contributed by atoms with Gasteiger partial charge in [-0.15, -0.1) is 0 Å². The Kier molecular flexibility index (Phi) is 5.71. The molecule has 7 nitrogen and oxygen atoms in total. The van der Waals surface area contributed by atoms with Gasteiger partial charge in [0, 0.05) is 6.54 Å². The molecule has 0 spiro atoms. The number of rotatable bonds is 6. The van der Waals surface area contributed by atoms with Crippen LogP contribution in [0, 0.1) is 0 Å². The predicted molar refractivity (Wildman–Crippen MR) is 103 cm³/mol. The maximum atomic E-state index is 12.4. The fourth-order valence-corrected chi connectivity index (χ4v) is 2.72. The first-order chi connectivity index (χ1) is 13.1. The summed E-state index contributed by atoms with van der Waals surface area (Å²) in [6, 6.07) is 16.2. The van der Waals surface area contributed by atoms with Crippen LogP contribution in [-0.4, -0.2) is 27.6 Å². The van der Waals surface area contributed by atoms with Gasteiger partial charge in [0.05, 0.1) is 11.0 Å². The van der Waals surface area contributed by atoms with Gasteiger partial charge < -0.3 is 14.6 Å². The number of carbonyl (C=O) groups is 2. The number of imidazole rings is 1. The lowest BCUT2D eigenvalue weighted by atomic mass is 10.2. The fourth-order valence-electron chi connectivity index (χ4n) is 2.72. The van der Waals surface area contributed by atoms with Gasteiger partial charge >= 0.3 is 6.09 Å². The van der Waals surface area contributed by atoms with E-state index in [0.717, 1.165) is 16.6 Å². The number of aromatic nitrogens is 2. The zero-order chi connectivity index (χ0) is 19.2. The Morgan fingerprint density at radius 1 is 1.11 bits per heavy atom. The summed E-state index contributed by atoms with van der Waals surface area (Å²) in [5.41, 5.74) is 2.62. The van der Waals surface area contributed by atoms with Gasteiger partial charge in [-0.25, -0.2) is 9.78 Å². The highest BCUT2D eigenvalue weighted by molar-refractivity contribution is 5.96. The van der Waals surface area contributed by atoms with Crippen LogP contribution in [0.25, 0.3) is 11.0 Å². The van der Waals surface area contributed by atoms with Gasteiger partial charge in [0.25, 0.3) is 0 Å². The molecule has 2 amide bonds. The Balaban J connectivity index is 1.58. The van der Waals surface area contributed by atoms with Crippen molar-refractivity contribution in [2.24, 2.45) is 0 Å². The molecule has 7 heteroatoms. The number of aryl methyl sites for hydroxylation is 1. The lowest BCUT2D eigenvalue weighted by Crippen LogP contribution is -2.42. The van der Waals surface area contributed by atoms with Crippen molar-refractivity contribution in [1.82, 2.24) is 14.9 Å². The SMILES string of the molecule is CCn1c(NC(=O)[C@@H](C)NC(=O)OCc2ccccc2)nc2ccccc21. The Bertz CT molecular complexity index is 937. The van der Waals surface area contributed by atoms with Crippen molar-refractivity contribution in [2.75, 3.05) is 5.32 Å². The zero-order valence-electron chi connectivity index (χ0n) is 15.3. The Labute approximate surface area is 157 Å². The molecule has 0 fully saturated rings. The minimum Gasteiger partial charge on any atom is -0.445 e. The van der Waals surface area contributed by atoms with E-state index in [2.05, 4.69) is 15.6 Å². The van der Waals surface area contributed by atoms with Crippen LogP contribution >= 0.6 is 0 Å². The number of anilines is 1. The molecule has 0 unspecified atom stereocenters.